The molecule has 2 rings (SSSR count). The summed E-state index contributed by atoms with van der Waals surface area (Å²) in [5, 5.41) is 6.15. The molecule has 100 valence electrons. The first kappa shape index (κ1) is 13.5. The van der Waals surface area contributed by atoms with E-state index in [-0.39, 0.29) is 5.97 Å². The number of anilines is 1. The third-order valence-electron chi connectivity index (χ3n) is 2.42. The summed E-state index contributed by atoms with van der Waals surface area (Å²) < 4.78 is 4.99. The molecule has 0 aliphatic heterocycles. The average Bonchev–Trinajstić information content (AvgIpc) is 2.93. The molecule has 0 unspecified atom stereocenters. The fraction of sp³-hybridized carbons (Fsp3) is 0.308. The summed E-state index contributed by atoms with van der Waals surface area (Å²) in [5.41, 5.74) is 0.462. The second kappa shape index (κ2) is 6.84. The van der Waals surface area contributed by atoms with Crippen LogP contribution in [0.1, 0.15) is 22.3 Å². The molecule has 6 heteroatoms. The summed E-state index contributed by atoms with van der Waals surface area (Å²) in [6.07, 6.45) is 4.23. The molecular formula is C13H15N3O2S. The first-order chi connectivity index (χ1) is 9.31. The molecule has 0 aliphatic rings. The molecule has 19 heavy (non-hydrogen) atoms. The monoisotopic (exact) mass is 277 g/mol. The summed E-state index contributed by atoms with van der Waals surface area (Å²) in [4.78, 5) is 20.1. The zero-order valence-electron chi connectivity index (χ0n) is 10.6. The predicted octanol–water partition coefficient (Wildman–Crippen LogP) is 2.37. The van der Waals surface area contributed by atoms with Crippen molar-refractivity contribution in [2.75, 3.05) is 18.5 Å². The Bertz CT molecular complexity index is 528. The van der Waals surface area contributed by atoms with E-state index >= 15 is 0 Å². The molecule has 0 radical (unpaired) electrons. The number of carbonyl (C=O) groups is 1. The minimum absolute atomic E-state index is 0.353. The van der Waals surface area contributed by atoms with E-state index < -0.39 is 0 Å². The molecule has 0 fully saturated rings. The molecular weight excluding hydrogens is 262 g/mol. The fourth-order valence-corrected chi connectivity index (χ4v) is 2.20. The molecule has 0 bridgehead atoms. The molecule has 0 saturated heterocycles. The summed E-state index contributed by atoms with van der Waals surface area (Å²) in [6, 6.07) is 3.43. The van der Waals surface area contributed by atoms with Crippen molar-refractivity contribution < 1.29 is 9.53 Å². The van der Waals surface area contributed by atoms with Gasteiger partial charge in [-0.15, -0.1) is 11.3 Å². The number of aromatic nitrogens is 2. The van der Waals surface area contributed by atoms with Gasteiger partial charge in [-0.3, -0.25) is 0 Å². The maximum Gasteiger partial charge on any atom is 0.341 e. The van der Waals surface area contributed by atoms with Crippen LogP contribution in [0.2, 0.25) is 0 Å². The molecule has 0 aliphatic carbocycles. The third kappa shape index (κ3) is 3.75. The topological polar surface area (TPSA) is 64.1 Å². The molecule has 1 N–H and O–H groups in total. The fourth-order valence-electron chi connectivity index (χ4n) is 1.58. The Morgan fingerprint density at radius 3 is 3.05 bits per heavy atom. The van der Waals surface area contributed by atoms with Crippen LogP contribution < -0.4 is 5.32 Å². The lowest BCUT2D eigenvalue weighted by molar-refractivity contribution is 0.0527. The maximum absolute atomic E-state index is 11.7. The highest BCUT2D eigenvalue weighted by Crippen LogP contribution is 2.13. The number of nitrogens with zero attached hydrogens (tertiary/aromatic N) is 2. The van der Waals surface area contributed by atoms with Crippen LogP contribution in [0, 0.1) is 0 Å². The van der Waals surface area contributed by atoms with Gasteiger partial charge in [0, 0.05) is 30.7 Å². The van der Waals surface area contributed by atoms with Gasteiger partial charge in [-0.25, -0.2) is 14.8 Å². The quantitative estimate of drug-likeness (QED) is 0.821. The van der Waals surface area contributed by atoms with E-state index in [0.717, 1.165) is 11.4 Å². The van der Waals surface area contributed by atoms with Crippen molar-refractivity contribution in [1.29, 1.82) is 0 Å². The minimum Gasteiger partial charge on any atom is -0.462 e. The van der Waals surface area contributed by atoms with Crippen LogP contribution in [0.3, 0.4) is 0 Å². The van der Waals surface area contributed by atoms with Gasteiger partial charge in [-0.1, -0.05) is 0 Å². The van der Waals surface area contributed by atoms with E-state index in [4.69, 9.17) is 4.74 Å². The van der Waals surface area contributed by atoms with Crippen LogP contribution in [0.25, 0.3) is 0 Å². The van der Waals surface area contributed by atoms with Crippen LogP contribution in [0.5, 0.6) is 0 Å². The van der Waals surface area contributed by atoms with Crippen molar-refractivity contribution in [2.45, 2.75) is 13.3 Å². The predicted molar refractivity (Wildman–Crippen MR) is 74.5 cm³/mol. The molecule has 0 atom stereocenters. The number of hydrogen-bond donors (Lipinski definition) is 1. The van der Waals surface area contributed by atoms with Crippen molar-refractivity contribution >= 4 is 23.1 Å². The standard InChI is InChI=1S/C13H15N3O2S/c1-2-18-13(17)10-4-3-6-15-12(10)16-7-5-11-14-8-9-19-11/h3-4,6,8-9H,2,5,7H2,1H3,(H,15,16). The van der Waals surface area contributed by atoms with Crippen LogP contribution in [-0.4, -0.2) is 29.1 Å². The Kier molecular flexibility index (Phi) is 4.85. The Hall–Kier alpha value is -1.95. The van der Waals surface area contributed by atoms with Crippen molar-refractivity contribution in [3.05, 3.63) is 40.5 Å². The SMILES string of the molecule is CCOC(=O)c1cccnc1NCCc1nccs1. The second-order valence-electron chi connectivity index (χ2n) is 3.72. The van der Waals surface area contributed by atoms with Crippen LogP contribution in [-0.2, 0) is 11.2 Å². The molecule has 2 heterocycles. The summed E-state index contributed by atoms with van der Waals surface area (Å²) in [6.45, 7) is 2.81. The van der Waals surface area contributed by atoms with Crippen molar-refractivity contribution in [3.8, 4) is 0 Å². The Balaban J connectivity index is 1.97. The van der Waals surface area contributed by atoms with Crippen molar-refractivity contribution in [1.82, 2.24) is 9.97 Å². The van der Waals surface area contributed by atoms with Gasteiger partial charge in [0.25, 0.3) is 0 Å². The number of hydrogen-bond acceptors (Lipinski definition) is 6. The molecule has 5 nitrogen and oxygen atoms in total. The number of esters is 1. The van der Waals surface area contributed by atoms with Gasteiger partial charge >= 0.3 is 5.97 Å². The number of pyridine rings is 1. The lowest BCUT2D eigenvalue weighted by atomic mass is 10.2. The number of nitrogens with one attached hydrogen (secondary N) is 1. The summed E-state index contributed by atoms with van der Waals surface area (Å²) in [5.74, 6) is 0.199. The van der Waals surface area contributed by atoms with Gasteiger partial charge in [-0.05, 0) is 19.1 Å². The van der Waals surface area contributed by atoms with E-state index in [1.54, 1.807) is 42.8 Å². The lowest BCUT2D eigenvalue weighted by Gasteiger charge is -2.09. The zero-order valence-corrected chi connectivity index (χ0v) is 11.4. The van der Waals surface area contributed by atoms with Crippen LogP contribution >= 0.6 is 11.3 Å². The normalized spacial score (nSPS) is 10.2. The molecule has 0 saturated carbocycles. The van der Waals surface area contributed by atoms with Crippen LogP contribution in [0.15, 0.2) is 29.9 Å². The second-order valence-corrected chi connectivity index (χ2v) is 4.70. The Morgan fingerprint density at radius 1 is 1.42 bits per heavy atom. The Morgan fingerprint density at radius 2 is 2.32 bits per heavy atom. The highest BCUT2D eigenvalue weighted by Gasteiger charge is 2.12. The molecule has 0 spiro atoms. The van der Waals surface area contributed by atoms with Crippen molar-refractivity contribution in [2.24, 2.45) is 0 Å². The average molecular weight is 277 g/mol. The van der Waals surface area contributed by atoms with Gasteiger partial charge in [0.15, 0.2) is 0 Å². The van der Waals surface area contributed by atoms with E-state index in [2.05, 4.69) is 15.3 Å². The van der Waals surface area contributed by atoms with E-state index in [1.807, 2.05) is 5.38 Å². The van der Waals surface area contributed by atoms with Crippen LogP contribution in [0.4, 0.5) is 5.82 Å². The smallest absolute Gasteiger partial charge is 0.341 e. The van der Waals surface area contributed by atoms with Gasteiger partial charge in [0.05, 0.1) is 11.6 Å². The number of ether oxygens (including phenoxy) is 1. The molecule has 2 aromatic heterocycles. The first-order valence-electron chi connectivity index (χ1n) is 6.05. The lowest BCUT2D eigenvalue weighted by Crippen LogP contribution is -2.13. The highest BCUT2D eigenvalue weighted by molar-refractivity contribution is 7.09. The van der Waals surface area contributed by atoms with E-state index in [1.165, 1.54) is 0 Å². The minimum atomic E-state index is -0.354. The van der Waals surface area contributed by atoms with Gasteiger partial charge < -0.3 is 10.1 Å². The Labute approximate surface area is 115 Å². The summed E-state index contributed by atoms with van der Waals surface area (Å²) >= 11 is 1.61. The van der Waals surface area contributed by atoms with Gasteiger partial charge in [0.1, 0.15) is 11.4 Å². The summed E-state index contributed by atoms with van der Waals surface area (Å²) in [7, 11) is 0. The highest BCUT2D eigenvalue weighted by atomic mass is 32.1. The number of thiazole rings is 1. The molecule has 0 amide bonds. The zero-order chi connectivity index (χ0) is 13.5. The molecule has 0 aromatic carbocycles. The largest absolute Gasteiger partial charge is 0.462 e. The van der Waals surface area contributed by atoms with E-state index in [9.17, 15) is 4.79 Å². The molecule has 2 aromatic rings. The van der Waals surface area contributed by atoms with Gasteiger partial charge in [-0.2, -0.15) is 0 Å². The maximum atomic E-state index is 11.7. The van der Waals surface area contributed by atoms with Crippen molar-refractivity contribution in [3.63, 3.8) is 0 Å². The number of carbonyl (C=O) groups excluding carboxylic acids is 1. The van der Waals surface area contributed by atoms with Gasteiger partial charge in [0.2, 0.25) is 0 Å². The third-order valence-corrected chi connectivity index (χ3v) is 3.26. The first-order valence-corrected chi connectivity index (χ1v) is 6.93. The van der Waals surface area contributed by atoms with E-state index in [0.29, 0.717) is 24.5 Å². The number of rotatable bonds is 6.